The fourth-order valence-electron chi connectivity index (χ4n) is 3.32. The van der Waals surface area contributed by atoms with E-state index in [2.05, 4.69) is 51.2 Å². The minimum absolute atomic E-state index is 0.671. The van der Waals surface area contributed by atoms with E-state index in [1.54, 1.807) is 34.9 Å². The number of aromatic nitrogens is 4. The molecule has 0 radical (unpaired) electrons. The summed E-state index contributed by atoms with van der Waals surface area (Å²) in [5.74, 6) is 2.41. The first-order chi connectivity index (χ1) is 16.3. The number of hydrogen-bond acceptors (Lipinski definition) is 7. The topological polar surface area (TPSA) is 67.4 Å². The van der Waals surface area contributed by atoms with Gasteiger partial charge in [-0.1, -0.05) is 78.1 Å². The molecule has 8 heteroatoms. The first kappa shape index (κ1) is 21.7. The predicted molar refractivity (Wildman–Crippen MR) is 135 cm³/mol. The van der Waals surface area contributed by atoms with Gasteiger partial charge in [-0.2, -0.15) is 5.26 Å². The lowest BCUT2D eigenvalue weighted by Gasteiger charge is -2.10. The van der Waals surface area contributed by atoms with Gasteiger partial charge in [-0.05, 0) is 35.4 Å². The highest BCUT2D eigenvalue weighted by Crippen LogP contribution is 2.32. The van der Waals surface area contributed by atoms with Crippen LogP contribution in [0.1, 0.15) is 22.5 Å². The molecule has 3 aromatic carbocycles. The summed E-state index contributed by atoms with van der Waals surface area (Å²) >= 11 is 5.07. The van der Waals surface area contributed by atoms with Gasteiger partial charge < -0.3 is 4.57 Å². The van der Waals surface area contributed by atoms with Crippen molar-refractivity contribution in [3.63, 3.8) is 0 Å². The van der Waals surface area contributed by atoms with E-state index in [1.165, 1.54) is 10.3 Å². The number of para-hydroxylation sites is 1. The number of rotatable bonds is 8. The number of fused-ring (bicyclic) bond motifs is 1. The normalized spacial score (nSPS) is 11.0. The van der Waals surface area contributed by atoms with Crippen LogP contribution >= 0.6 is 34.9 Å². The molecule has 2 aromatic heterocycles. The Labute approximate surface area is 204 Å². The number of thioether (sulfide) groups is 2. The molecule has 0 aliphatic heterocycles. The SMILES string of the molecule is N#Cc1ccc(CSc2nnc(CSc3nc4ccccc4s3)n2Cc2ccccc2)cc1. The van der Waals surface area contributed by atoms with Crippen molar-refractivity contribution < 1.29 is 0 Å². The monoisotopic (exact) mass is 485 g/mol. The van der Waals surface area contributed by atoms with Crippen LogP contribution in [-0.4, -0.2) is 19.7 Å². The number of benzene rings is 3. The molecule has 0 bridgehead atoms. The number of hydrogen-bond donors (Lipinski definition) is 0. The summed E-state index contributed by atoms with van der Waals surface area (Å²) in [6.07, 6.45) is 0. The summed E-state index contributed by atoms with van der Waals surface area (Å²) < 4.78 is 4.44. The lowest BCUT2D eigenvalue weighted by atomic mass is 10.2. The number of nitrogens with zero attached hydrogens (tertiary/aromatic N) is 5. The molecule has 5 aromatic rings. The fraction of sp³-hybridized carbons (Fsp3) is 0.120. The molecular formula is C25H19N5S3. The van der Waals surface area contributed by atoms with Crippen LogP contribution in [0.2, 0.25) is 0 Å². The van der Waals surface area contributed by atoms with Crippen molar-refractivity contribution in [3.8, 4) is 6.07 Å². The van der Waals surface area contributed by atoms with Crippen molar-refractivity contribution >= 4 is 45.1 Å². The third-order valence-corrected chi connectivity index (χ3v) is 8.24. The molecule has 5 rings (SSSR count). The predicted octanol–water partition coefficient (Wildman–Crippen LogP) is 6.39. The first-order valence-electron chi connectivity index (χ1n) is 10.3. The summed E-state index contributed by atoms with van der Waals surface area (Å²) in [6, 6.07) is 28.5. The van der Waals surface area contributed by atoms with Gasteiger partial charge in [-0.15, -0.1) is 21.5 Å². The maximum absolute atomic E-state index is 9.01. The Hall–Kier alpha value is -3.12. The van der Waals surface area contributed by atoms with E-state index in [0.717, 1.165) is 38.7 Å². The Morgan fingerprint density at radius 3 is 2.39 bits per heavy atom. The minimum Gasteiger partial charge on any atom is -0.301 e. The highest BCUT2D eigenvalue weighted by atomic mass is 32.2. The Kier molecular flexibility index (Phi) is 6.72. The molecule has 33 heavy (non-hydrogen) atoms. The van der Waals surface area contributed by atoms with Gasteiger partial charge in [0.1, 0.15) is 5.82 Å². The largest absolute Gasteiger partial charge is 0.301 e. The van der Waals surface area contributed by atoms with Gasteiger partial charge in [0.05, 0.1) is 34.1 Å². The van der Waals surface area contributed by atoms with E-state index in [-0.39, 0.29) is 0 Å². The zero-order chi connectivity index (χ0) is 22.5. The third-order valence-electron chi connectivity index (χ3n) is 5.03. The summed E-state index contributed by atoms with van der Waals surface area (Å²) in [5, 5.41) is 18.9. The fourth-order valence-corrected chi connectivity index (χ4v) is 6.24. The van der Waals surface area contributed by atoms with E-state index in [4.69, 9.17) is 10.2 Å². The number of nitriles is 1. The van der Waals surface area contributed by atoms with Crippen LogP contribution in [-0.2, 0) is 18.1 Å². The van der Waals surface area contributed by atoms with Gasteiger partial charge in [0, 0.05) is 5.75 Å². The Morgan fingerprint density at radius 1 is 0.818 bits per heavy atom. The van der Waals surface area contributed by atoms with Gasteiger partial charge in [-0.25, -0.2) is 4.98 Å². The Bertz CT molecular complexity index is 1370. The van der Waals surface area contributed by atoms with Gasteiger partial charge in [0.15, 0.2) is 9.50 Å². The van der Waals surface area contributed by atoms with E-state index in [9.17, 15) is 0 Å². The smallest absolute Gasteiger partial charge is 0.191 e. The quantitative estimate of drug-likeness (QED) is 0.237. The zero-order valence-electron chi connectivity index (χ0n) is 17.6. The van der Waals surface area contributed by atoms with E-state index < -0.39 is 0 Å². The molecule has 0 aliphatic rings. The van der Waals surface area contributed by atoms with Crippen LogP contribution < -0.4 is 0 Å². The molecule has 0 saturated carbocycles. The summed E-state index contributed by atoms with van der Waals surface area (Å²) in [7, 11) is 0. The van der Waals surface area contributed by atoms with Crippen molar-refractivity contribution in [2.45, 2.75) is 27.5 Å². The van der Waals surface area contributed by atoms with E-state index in [0.29, 0.717) is 11.3 Å². The molecular weight excluding hydrogens is 467 g/mol. The Balaban J connectivity index is 1.35. The molecule has 0 amide bonds. The minimum atomic E-state index is 0.671. The van der Waals surface area contributed by atoms with Crippen molar-refractivity contribution in [2.24, 2.45) is 0 Å². The lowest BCUT2D eigenvalue weighted by Crippen LogP contribution is -2.06. The van der Waals surface area contributed by atoms with Crippen LogP contribution in [0.5, 0.6) is 0 Å². The molecule has 162 valence electrons. The maximum Gasteiger partial charge on any atom is 0.191 e. The summed E-state index contributed by atoms with van der Waals surface area (Å²) in [5.41, 5.74) is 4.07. The van der Waals surface area contributed by atoms with E-state index >= 15 is 0 Å². The zero-order valence-corrected chi connectivity index (χ0v) is 20.0. The first-order valence-corrected chi connectivity index (χ1v) is 13.1. The van der Waals surface area contributed by atoms with Crippen molar-refractivity contribution in [1.29, 1.82) is 5.26 Å². The van der Waals surface area contributed by atoms with Gasteiger partial charge in [0.2, 0.25) is 0 Å². The van der Waals surface area contributed by atoms with Crippen molar-refractivity contribution in [2.75, 3.05) is 0 Å². The standard InChI is InChI=1S/C25H19N5S3/c26-14-18-10-12-20(13-11-18)16-31-24-29-28-23(30(24)15-19-6-2-1-3-7-19)17-32-25-27-21-8-4-5-9-22(21)33-25/h1-13H,15-17H2. The number of thiazole rings is 1. The second-order valence-corrected chi connectivity index (χ2v) is 10.5. The molecule has 0 N–H and O–H groups in total. The van der Waals surface area contributed by atoms with Gasteiger partial charge in [-0.3, -0.25) is 0 Å². The molecule has 0 aliphatic carbocycles. The highest BCUT2D eigenvalue weighted by Gasteiger charge is 2.15. The Morgan fingerprint density at radius 2 is 1.61 bits per heavy atom. The van der Waals surface area contributed by atoms with Crippen molar-refractivity contribution in [1.82, 2.24) is 19.7 Å². The van der Waals surface area contributed by atoms with E-state index in [1.807, 2.05) is 48.5 Å². The van der Waals surface area contributed by atoms with Crippen LogP contribution in [0, 0.1) is 11.3 Å². The molecule has 2 heterocycles. The van der Waals surface area contributed by atoms with Crippen LogP contribution in [0.3, 0.4) is 0 Å². The second-order valence-electron chi connectivity index (χ2n) is 7.30. The van der Waals surface area contributed by atoms with Crippen LogP contribution in [0.25, 0.3) is 10.2 Å². The van der Waals surface area contributed by atoms with Gasteiger partial charge in [0.25, 0.3) is 0 Å². The summed E-state index contributed by atoms with van der Waals surface area (Å²) in [4.78, 5) is 4.73. The van der Waals surface area contributed by atoms with Crippen molar-refractivity contribution in [3.05, 3.63) is 101 Å². The third kappa shape index (κ3) is 5.28. The average Bonchev–Trinajstić information content (AvgIpc) is 3.45. The van der Waals surface area contributed by atoms with Crippen LogP contribution in [0.15, 0.2) is 88.4 Å². The maximum atomic E-state index is 9.01. The van der Waals surface area contributed by atoms with Crippen LogP contribution in [0.4, 0.5) is 0 Å². The lowest BCUT2D eigenvalue weighted by molar-refractivity contribution is 0.685. The molecule has 0 unspecified atom stereocenters. The highest BCUT2D eigenvalue weighted by molar-refractivity contribution is 8.00. The molecule has 0 atom stereocenters. The molecule has 0 fully saturated rings. The average molecular weight is 486 g/mol. The second kappa shape index (κ2) is 10.2. The van der Waals surface area contributed by atoms with Gasteiger partial charge >= 0.3 is 0 Å². The molecule has 5 nitrogen and oxygen atoms in total. The summed E-state index contributed by atoms with van der Waals surface area (Å²) in [6.45, 7) is 0.722. The molecule has 0 spiro atoms. The molecule has 0 saturated heterocycles.